The molecule has 0 spiro atoms. The number of anilines is 2. The number of pyridine rings is 2. The van der Waals surface area contributed by atoms with Crippen LogP contribution in [0.1, 0.15) is 60.1 Å². The van der Waals surface area contributed by atoms with Gasteiger partial charge >= 0.3 is 6.18 Å². The highest BCUT2D eigenvalue weighted by atomic mass is 19.4. The third-order valence-electron chi connectivity index (χ3n) is 7.83. The number of halogens is 3. The van der Waals surface area contributed by atoms with Crippen LogP contribution in [-0.2, 0) is 11.0 Å². The summed E-state index contributed by atoms with van der Waals surface area (Å²) in [6.45, 7) is 2.64. The summed E-state index contributed by atoms with van der Waals surface area (Å²) in [5.41, 5.74) is 7.46. The maximum Gasteiger partial charge on any atom is 0.416 e. The van der Waals surface area contributed by atoms with Crippen molar-refractivity contribution >= 4 is 34.4 Å². The van der Waals surface area contributed by atoms with Gasteiger partial charge in [-0.05, 0) is 62.6 Å². The van der Waals surface area contributed by atoms with Gasteiger partial charge in [-0.2, -0.15) is 18.3 Å². The molecule has 2 amide bonds. The Hall–Kier alpha value is -4.68. The van der Waals surface area contributed by atoms with E-state index in [0.29, 0.717) is 29.9 Å². The zero-order valence-corrected chi connectivity index (χ0v) is 22.7. The van der Waals surface area contributed by atoms with Crippen LogP contribution in [-0.4, -0.2) is 55.7 Å². The number of piperidine rings is 1. The van der Waals surface area contributed by atoms with E-state index >= 15 is 0 Å². The molecule has 2 atom stereocenters. The Balaban J connectivity index is 1.36. The number of nitrogens with one attached hydrogen (secondary N) is 1. The van der Waals surface area contributed by atoms with Gasteiger partial charge in [-0.15, -0.1) is 0 Å². The third-order valence-corrected chi connectivity index (χ3v) is 7.83. The van der Waals surface area contributed by atoms with E-state index in [-0.39, 0.29) is 41.7 Å². The molecule has 4 aromatic rings. The minimum atomic E-state index is -4.57. The number of fused-ring (bicyclic) bond motifs is 2. The van der Waals surface area contributed by atoms with Gasteiger partial charge in [0.15, 0.2) is 0 Å². The Morgan fingerprint density at radius 3 is 2.71 bits per heavy atom. The SMILES string of the molecule is CCOc1cc(C(=O)Nc2cc(C(F)(F)F)ccn2)ccc1-n1nc([C@@H]2CC[C@H]3CCC(=O)N3C2)c2ccnc(N)c21. The van der Waals surface area contributed by atoms with Gasteiger partial charge in [-0.25, -0.2) is 14.6 Å². The summed E-state index contributed by atoms with van der Waals surface area (Å²) in [6, 6.07) is 8.39. The largest absolute Gasteiger partial charge is 0.492 e. The summed E-state index contributed by atoms with van der Waals surface area (Å²) < 4.78 is 46.9. The van der Waals surface area contributed by atoms with Crippen LogP contribution < -0.4 is 15.8 Å². The van der Waals surface area contributed by atoms with E-state index in [9.17, 15) is 22.8 Å². The van der Waals surface area contributed by atoms with Crippen molar-refractivity contribution in [3.8, 4) is 11.4 Å². The van der Waals surface area contributed by atoms with Gasteiger partial charge in [0.05, 0.1) is 17.9 Å². The van der Waals surface area contributed by atoms with Crippen LogP contribution in [0.4, 0.5) is 24.8 Å². The number of amides is 2. The van der Waals surface area contributed by atoms with Gasteiger partial charge < -0.3 is 20.7 Å². The van der Waals surface area contributed by atoms with E-state index in [2.05, 4.69) is 15.3 Å². The fourth-order valence-corrected chi connectivity index (χ4v) is 5.84. The molecular weight excluding hydrogens is 551 g/mol. The number of rotatable bonds is 6. The monoisotopic (exact) mass is 579 g/mol. The minimum Gasteiger partial charge on any atom is -0.492 e. The first-order valence-electron chi connectivity index (χ1n) is 13.7. The molecule has 13 heteroatoms. The maximum atomic E-state index is 13.1. The molecule has 1 aromatic carbocycles. The van der Waals surface area contributed by atoms with Crippen LogP contribution in [0.25, 0.3) is 16.6 Å². The highest BCUT2D eigenvalue weighted by Gasteiger charge is 2.38. The molecule has 0 unspecified atom stereocenters. The van der Waals surface area contributed by atoms with Gasteiger partial charge in [0.1, 0.15) is 28.6 Å². The normalized spacial score (nSPS) is 18.8. The number of ether oxygens (including phenoxy) is 1. The van der Waals surface area contributed by atoms with Crippen LogP contribution in [0, 0.1) is 0 Å². The van der Waals surface area contributed by atoms with Crippen LogP contribution in [0.2, 0.25) is 0 Å². The third kappa shape index (κ3) is 4.99. The summed E-state index contributed by atoms with van der Waals surface area (Å²) in [7, 11) is 0. The number of carbonyl (C=O) groups excluding carboxylic acids is 2. The molecular formula is C29H28F3N7O3. The minimum absolute atomic E-state index is 0.00871. The van der Waals surface area contributed by atoms with E-state index in [0.717, 1.165) is 48.7 Å². The molecule has 0 bridgehead atoms. The molecule has 0 radical (unpaired) electrons. The number of hydrogen-bond acceptors (Lipinski definition) is 7. The average molecular weight is 580 g/mol. The topological polar surface area (TPSA) is 128 Å². The first kappa shape index (κ1) is 27.5. The lowest BCUT2D eigenvalue weighted by molar-refractivity contribution is -0.137. The van der Waals surface area contributed by atoms with E-state index in [1.165, 1.54) is 12.1 Å². The quantitative estimate of drug-likeness (QED) is 0.331. The Labute approximate surface area is 238 Å². The Kier molecular flexibility index (Phi) is 6.95. The standard InChI is InChI=1S/C29H28F3N7O3/c1-2-42-22-13-16(28(41)36-23-14-18(9-11-34-23)29(30,31)32)4-7-21(22)39-26-20(10-12-35-27(26)33)25(37-39)17-3-5-19-6-8-24(40)38(19)15-17/h4,7,9-14,17,19H,2-3,5-6,8,15H2,1H3,(H2,33,35)(H,34,36,41)/t17-,19+/m1/s1. The van der Waals surface area contributed by atoms with Gasteiger partial charge in [0, 0.05) is 48.3 Å². The van der Waals surface area contributed by atoms with E-state index in [4.69, 9.17) is 15.6 Å². The van der Waals surface area contributed by atoms with Crippen molar-refractivity contribution in [2.24, 2.45) is 0 Å². The number of alkyl halides is 3. The van der Waals surface area contributed by atoms with E-state index < -0.39 is 17.6 Å². The molecule has 10 nitrogen and oxygen atoms in total. The van der Waals surface area contributed by atoms with Crippen LogP contribution >= 0.6 is 0 Å². The number of hydrogen-bond donors (Lipinski definition) is 2. The molecule has 218 valence electrons. The predicted octanol–water partition coefficient (Wildman–Crippen LogP) is 4.94. The number of nitrogens with zero attached hydrogens (tertiary/aromatic N) is 5. The van der Waals surface area contributed by atoms with Crippen molar-refractivity contribution < 1.29 is 27.5 Å². The second kappa shape index (κ2) is 10.6. The predicted molar refractivity (Wildman–Crippen MR) is 148 cm³/mol. The summed E-state index contributed by atoms with van der Waals surface area (Å²) in [5, 5.41) is 8.20. The molecule has 2 aliphatic rings. The second-order valence-electron chi connectivity index (χ2n) is 10.4. The lowest BCUT2D eigenvalue weighted by atomic mass is 9.89. The average Bonchev–Trinajstić information content (AvgIpc) is 3.54. The van der Waals surface area contributed by atoms with Crippen LogP contribution in [0.5, 0.6) is 5.75 Å². The lowest BCUT2D eigenvalue weighted by Gasteiger charge is -2.34. The molecule has 6 rings (SSSR count). The molecule has 5 heterocycles. The second-order valence-corrected chi connectivity index (χ2v) is 10.4. The van der Waals surface area contributed by atoms with Crippen molar-refractivity contribution in [1.82, 2.24) is 24.6 Å². The van der Waals surface area contributed by atoms with Crippen LogP contribution in [0.15, 0.2) is 48.8 Å². The maximum absolute atomic E-state index is 13.1. The molecule has 2 saturated heterocycles. The van der Waals surface area contributed by atoms with Crippen molar-refractivity contribution in [3.05, 3.63) is 65.6 Å². The van der Waals surface area contributed by atoms with Gasteiger partial charge in [-0.3, -0.25) is 9.59 Å². The van der Waals surface area contributed by atoms with E-state index in [1.807, 2.05) is 11.0 Å². The zero-order chi connectivity index (χ0) is 29.6. The molecule has 0 aliphatic carbocycles. The van der Waals surface area contributed by atoms with Crippen molar-refractivity contribution in [3.63, 3.8) is 0 Å². The summed E-state index contributed by atoms with van der Waals surface area (Å²) >= 11 is 0. The molecule has 2 aliphatic heterocycles. The fraction of sp³-hybridized carbons (Fsp3) is 0.345. The smallest absolute Gasteiger partial charge is 0.416 e. The van der Waals surface area contributed by atoms with Gasteiger partial charge in [0.2, 0.25) is 5.91 Å². The number of nitrogens with two attached hydrogens (primary N) is 1. The number of nitrogen functional groups attached to an aromatic ring is 1. The van der Waals surface area contributed by atoms with Crippen LogP contribution in [0.3, 0.4) is 0 Å². The summed E-state index contributed by atoms with van der Waals surface area (Å²) in [6.07, 6.45) is 1.28. The number of carbonyl (C=O) groups is 2. The first-order valence-corrected chi connectivity index (χ1v) is 13.7. The molecule has 3 N–H and O–H groups in total. The van der Waals surface area contributed by atoms with Crippen molar-refractivity contribution in [2.75, 3.05) is 24.2 Å². The first-order chi connectivity index (χ1) is 20.1. The van der Waals surface area contributed by atoms with Gasteiger partial charge in [-0.1, -0.05) is 0 Å². The highest BCUT2D eigenvalue weighted by molar-refractivity contribution is 6.04. The van der Waals surface area contributed by atoms with Crippen molar-refractivity contribution in [2.45, 2.75) is 50.7 Å². The fourth-order valence-electron chi connectivity index (χ4n) is 5.84. The summed E-state index contributed by atoms with van der Waals surface area (Å²) in [5.74, 6) is -0.133. The molecule has 2 fully saturated rings. The zero-order valence-electron chi connectivity index (χ0n) is 22.7. The molecule has 3 aromatic heterocycles. The highest BCUT2D eigenvalue weighted by Crippen LogP contribution is 2.40. The van der Waals surface area contributed by atoms with Crippen molar-refractivity contribution in [1.29, 1.82) is 0 Å². The molecule has 42 heavy (non-hydrogen) atoms. The summed E-state index contributed by atoms with van der Waals surface area (Å²) in [4.78, 5) is 35.5. The van der Waals surface area contributed by atoms with Gasteiger partial charge in [0.25, 0.3) is 5.91 Å². The van der Waals surface area contributed by atoms with E-state index in [1.54, 1.807) is 23.9 Å². The molecule has 0 saturated carbocycles. The Morgan fingerprint density at radius 2 is 1.93 bits per heavy atom. The Morgan fingerprint density at radius 1 is 1.12 bits per heavy atom. The Bertz CT molecular complexity index is 1690. The lowest BCUT2D eigenvalue weighted by Crippen LogP contribution is -2.40. The number of benzene rings is 1. The number of aromatic nitrogens is 4.